The van der Waals surface area contributed by atoms with Gasteiger partial charge in [-0.1, -0.05) is 17.7 Å². The lowest BCUT2D eigenvalue weighted by Crippen LogP contribution is -2.37. The summed E-state index contributed by atoms with van der Waals surface area (Å²) in [6, 6.07) is 10.3. The number of carbonyl (C=O) groups is 2. The van der Waals surface area contributed by atoms with Crippen molar-refractivity contribution in [2.45, 2.75) is 13.0 Å². The van der Waals surface area contributed by atoms with E-state index in [1.165, 1.54) is 11.3 Å². The summed E-state index contributed by atoms with van der Waals surface area (Å²) in [6.07, 6.45) is -1.07. The first-order valence-corrected chi connectivity index (χ1v) is 9.42. The molecule has 1 aromatic carbocycles. The first kappa shape index (κ1) is 19.2. The highest BCUT2D eigenvalue weighted by atomic mass is 35.5. The van der Waals surface area contributed by atoms with Crippen molar-refractivity contribution in [1.29, 1.82) is 0 Å². The molecule has 0 spiro atoms. The molecule has 3 N–H and O–H groups in total. The van der Waals surface area contributed by atoms with Gasteiger partial charge in [-0.05, 0) is 48.2 Å². The molecule has 27 heavy (non-hydrogen) atoms. The SMILES string of the molecule is Cc1c(Cl)cccc1NC(=O)C(=O)NC[C@H](O)c1ccc(-c2ccsc2)o1. The highest BCUT2D eigenvalue weighted by Gasteiger charge is 2.19. The van der Waals surface area contributed by atoms with Crippen molar-refractivity contribution in [2.75, 3.05) is 11.9 Å². The standard InChI is InChI=1S/C19H17ClN2O4S/c1-11-13(20)3-2-4-14(11)22-19(25)18(24)21-9-15(23)17-6-5-16(26-17)12-7-8-27-10-12/h2-8,10,15,23H,9H2,1H3,(H,21,24)(H,22,25)/t15-/m0/s1. The van der Waals surface area contributed by atoms with Crippen molar-refractivity contribution in [3.63, 3.8) is 0 Å². The zero-order valence-electron chi connectivity index (χ0n) is 14.4. The van der Waals surface area contributed by atoms with Gasteiger partial charge >= 0.3 is 11.8 Å². The molecule has 2 amide bonds. The average molecular weight is 405 g/mol. The van der Waals surface area contributed by atoms with E-state index in [4.69, 9.17) is 16.0 Å². The maximum atomic E-state index is 12.0. The molecule has 0 fully saturated rings. The molecule has 1 atom stereocenters. The molecule has 0 bridgehead atoms. The average Bonchev–Trinajstić information content (AvgIpc) is 3.34. The fourth-order valence-electron chi connectivity index (χ4n) is 2.38. The maximum absolute atomic E-state index is 12.0. The van der Waals surface area contributed by atoms with Gasteiger partial charge in [0.1, 0.15) is 17.6 Å². The first-order valence-electron chi connectivity index (χ1n) is 8.10. The number of furan rings is 1. The second-order valence-corrected chi connectivity index (χ2v) is 6.99. The number of benzene rings is 1. The monoisotopic (exact) mass is 404 g/mol. The summed E-state index contributed by atoms with van der Waals surface area (Å²) < 4.78 is 5.60. The third-order valence-corrected chi connectivity index (χ3v) is 5.03. The van der Waals surface area contributed by atoms with Crippen LogP contribution >= 0.6 is 22.9 Å². The van der Waals surface area contributed by atoms with Crippen LogP contribution < -0.4 is 10.6 Å². The Bertz CT molecular complexity index is 953. The van der Waals surface area contributed by atoms with Crippen molar-refractivity contribution >= 4 is 40.4 Å². The summed E-state index contributed by atoms with van der Waals surface area (Å²) in [5.41, 5.74) is 2.03. The van der Waals surface area contributed by atoms with Crippen molar-refractivity contribution in [1.82, 2.24) is 5.32 Å². The predicted molar refractivity (Wildman–Crippen MR) is 105 cm³/mol. The second kappa shape index (κ2) is 8.39. The van der Waals surface area contributed by atoms with Crippen LogP contribution in [-0.2, 0) is 9.59 Å². The third-order valence-electron chi connectivity index (χ3n) is 3.94. The Morgan fingerprint density at radius 3 is 2.78 bits per heavy atom. The second-order valence-electron chi connectivity index (χ2n) is 5.81. The lowest BCUT2D eigenvalue weighted by Gasteiger charge is -2.11. The van der Waals surface area contributed by atoms with Crippen molar-refractivity contribution < 1.29 is 19.1 Å². The normalized spacial score (nSPS) is 11.8. The van der Waals surface area contributed by atoms with E-state index in [2.05, 4.69) is 10.6 Å². The van der Waals surface area contributed by atoms with Crippen LogP contribution in [-0.4, -0.2) is 23.5 Å². The Balaban J connectivity index is 1.55. The van der Waals surface area contributed by atoms with Gasteiger partial charge in [0, 0.05) is 21.7 Å². The first-order chi connectivity index (χ1) is 13.0. The molecule has 0 saturated carbocycles. The number of aliphatic hydroxyl groups is 1. The lowest BCUT2D eigenvalue weighted by molar-refractivity contribution is -0.136. The van der Waals surface area contributed by atoms with Crippen LogP contribution in [0.1, 0.15) is 17.4 Å². The number of thiophene rings is 1. The number of hydrogen-bond donors (Lipinski definition) is 3. The van der Waals surface area contributed by atoms with Gasteiger partial charge in [0.15, 0.2) is 0 Å². The minimum Gasteiger partial charge on any atom is -0.458 e. The molecule has 3 aromatic rings. The van der Waals surface area contributed by atoms with Crippen LogP contribution in [0.3, 0.4) is 0 Å². The smallest absolute Gasteiger partial charge is 0.313 e. The van der Waals surface area contributed by atoms with Crippen LogP contribution in [0, 0.1) is 6.92 Å². The zero-order valence-corrected chi connectivity index (χ0v) is 15.9. The number of hydrogen-bond acceptors (Lipinski definition) is 5. The summed E-state index contributed by atoms with van der Waals surface area (Å²) in [6.45, 7) is 1.58. The molecule has 6 nitrogen and oxygen atoms in total. The Labute approximate surface area is 164 Å². The number of rotatable bonds is 5. The van der Waals surface area contributed by atoms with E-state index in [9.17, 15) is 14.7 Å². The summed E-state index contributed by atoms with van der Waals surface area (Å²) in [5.74, 6) is -0.766. The molecule has 140 valence electrons. The number of carbonyl (C=O) groups excluding carboxylic acids is 2. The quantitative estimate of drug-likeness (QED) is 0.564. The Morgan fingerprint density at radius 2 is 2.04 bits per heavy atom. The fourth-order valence-corrected chi connectivity index (χ4v) is 3.20. The third kappa shape index (κ3) is 4.57. The number of nitrogens with one attached hydrogen (secondary N) is 2. The molecular weight excluding hydrogens is 388 g/mol. The molecule has 0 radical (unpaired) electrons. The molecule has 0 aliphatic carbocycles. The molecular formula is C19H17ClN2O4S. The highest BCUT2D eigenvalue weighted by Crippen LogP contribution is 2.27. The van der Waals surface area contributed by atoms with E-state index in [-0.39, 0.29) is 6.54 Å². The molecule has 0 aliphatic rings. The Kier molecular flexibility index (Phi) is 5.95. The van der Waals surface area contributed by atoms with Crippen molar-refractivity contribution in [2.24, 2.45) is 0 Å². The van der Waals surface area contributed by atoms with Crippen LogP contribution in [0.25, 0.3) is 11.3 Å². The summed E-state index contributed by atoms with van der Waals surface area (Å²) >= 11 is 7.53. The topological polar surface area (TPSA) is 91.6 Å². The van der Waals surface area contributed by atoms with E-state index in [0.717, 1.165) is 5.56 Å². The molecule has 2 heterocycles. The van der Waals surface area contributed by atoms with Gasteiger partial charge in [-0.2, -0.15) is 11.3 Å². The van der Waals surface area contributed by atoms with Crippen LogP contribution in [0.15, 0.2) is 51.6 Å². The maximum Gasteiger partial charge on any atom is 0.313 e. The largest absolute Gasteiger partial charge is 0.458 e. The molecule has 0 aliphatic heterocycles. The Hall–Kier alpha value is -2.61. The van der Waals surface area contributed by atoms with Crippen LogP contribution in [0.4, 0.5) is 5.69 Å². The highest BCUT2D eigenvalue weighted by molar-refractivity contribution is 7.08. The van der Waals surface area contributed by atoms with Gasteiger partial charge in [-0.15, -0.1) is 0 Å². The van der Waals surface area contributed by atoms with Gasteiger partial charge in [-0.3, -0.25) is 9.59 Å². The predicted octanol–water partition coefficient (Wildman–Crippen LogP) is 3.76. The summed E-state index contributed by atoms with van der Waals surface area (Å²) in [4.78, 5) is 24.0. The molecule has 0 unspecified atom stereocenters. The number of amides is 2. The van der Waals surface area contributed by atoms with Crippen molar-refractivity contribution in [3.05, 3.63) is 63.5 Å². The fraction of sp³-hybridized carbons (Fsp3) is 0.158. The van der Waals surface area contributed by atoms with Gasteiger partial charge in [-0.25, -0.2) is 0 Å². The van der Waals surface area contributed by atoms with E-state index >= 15 is 0 Å². The molecule has 2 aromatic heterocycles. The van der Waals surface area contributed by atoms with Gasteiger partial charge < -0.3 is 20.2 Å². The lowest BCUT2D eigenvalue weighted by atomic mass is 10.2. The number of anilines is 1. The van der Waals surface area contributed by atoms with Gasteiger partial charge in [0.2, 0.25) is 0 Å². The van der Waals surface area contributed by atoms with E-state index in [1.54, 1.807) is 37.3 Å². The minimum absolute atomic E-state index is 0.155. The van der Waals surface area contributed by atoms with E-state index in [1.807, 2.05) is 16.8 Å². The van der Waals surface area contributed by atoms with Crippen LogP contribution in [0.5, 0.6) is 0 Å². The van der Waals surface area contributed by atoms with E-state index in [0.29, 0.717) is 27.8 Å². The Morgan fingerprint density at radius 1 is 1.22 bits per heavy atom. The van der Waals surface area contributed by atoms with Crippen molar-refractivity contribution in [3.8, 4) is 11.3 Å². The zero-order chi connectivity index (χ0) is 19.4. The summed E-state index contributed by atoms with van der Waals surface area (Å²) in [5, 5.41) is 19.4. The molecule has 0 saturated heterocycles. The van der Waals surface area contributed by atoms with Gasteiger partial charge in [0.05, 0.1) is 6.54 Å². The number of aliphatic hydroxyl groups excluding tert-OH is 1. The van der Waals surface area contributed by atoms with Gasteiger partial charge in [0.25, 0.3) is 0 Å². The molecule has 3 rings (SSSR count). The number of halogens is 1. The summed E-state index contributed by atoms with van der Waals surface area (Å²) in [7, 11) is 0. The van der Waals surface area contributed by atoms with E-state index < -0.39 is 17.9 Å². The minimum atomic E-state index is -1.07. The molecule has 8 heteroatoms. The van der Waals surface area contributed by atoms with Crippen LogP contribution in [0.2, 0.25) is 5.02 Å².